The summed E-state index contributed by atoms with van der Waals surface area (Å²) in [5.41, 5.74) is 1.71. The summed E-state index contributed by atoms with van der Waals surface area (Å²) in [4.78, 5) is 102. The largest absolute Gasteiger partial charge is 0.483 e. The van der Waals surface area contributed by atoms with Gasteiger partial charge in [0, 0.05) is 43.5 Å². The summed E-state index contributed by atoms with van der Waals surface area (Å²) >= 11 is 0. The van der Waals surface area contributed by atoms with Crippen LogP contribution in [0.25, 0.3) is 0 Å². The van der Waals surface area contributed by atoms with E-state index >= 15 is 0 Å². The predicted molar refractivity (Wildman–Crippen MR) is 158 cm³/mol. The molecule has 4 aliphatic rings. The Hall–Kier alpha value is -5.60. The quantitative estimate of drug-likeness (QED) is 0.138. The van der Waals surface area contributed by atoms with E-state index in [1.54, 1.807) is 30.3 Å². The van der Waals surface area contributed by atoms with Crippen LogP contribution in [0.5, 0.6) is 11.5 Å². The summed E-state index contributed by atoms with van der Waals surface area (Å²) in [6.07, 6.45) is 0.892. The smallest absolute Gasteiger partial charge is 0.311 e. The fourth-order valence-electron chi connectivity index (χ4n) is 6.19. The molecule has 0 aromatic heterocycles. The van der Waals surface area contributed by atoms with E-state index in [2.05, 4.69) is 16.0 Å². The van der Waals surface area contributed by atoms with Crippen molar-refractivity contribution in [3.05, 3.63) is 58.7 Å². The predicted octanol–water partition coefficient (Wildman–Crippen LogP) is 0.0894. The molecule has 0 bridgehead atoms. The second-order valence-electron chi connectivity index (χ2n) is 11.6. The second kappa shape index (κ2) is 13.0. The number of carbonyl (C=O) groups excluding carboxylic acids is 8. The molecule has 7 amide bonds. The van der Waals surface area contributed by atoms with E-state index in [0.29, 0.717) is 22.4 Å². The van der Waals surface area contributed by atoms with E-state index in [1.165, 1.54) is 15.9 Å². The second-order valence-corrected chi connectivity index (χ2v) is 11.6. The molecule has 244 valence electrons. The fourth-order valence-corrected chi connectivity index (χ4v) is 6.19. The number of carbonyl (C=O) groups is 8. The van der Waals surface area contributed by atoms with Crippen molar-refractivity contribution in [1.82, 2.24) is 25.8 Å². The van der Waals surface area contributed by atoms with Crippen molar-refractivity contribution in [2.75, 3.05) is 13.2 Å². The van der Waals surface area contributed by atoms with Crippen molar-refractivity contribution >= 4 is 47.3 Å². The molecular weight excluding hydrogens is 614 g/mol. The molecule has 2 unspecified atom stereocenters. The van der Waals surface area contributed by atoms with Gasteiger partial charge in [0.2, 0.25) is 23.6 Å². The van der Waals surface area contributed by atoms with Gasteiger partial charge in [0.1, 0.15) is 23.6 Å². The van der Waals surface area contributed by atoms with Gasteiger partial charge in [0.25, 0.3) is 17.7 Å². The summed E-state index contributed by atoms with van der Waals surface area (Å²) in [6.45, 7) is 0.0438. The maximum atomic E-state index is 13.2. The molecule has 2 aromatic carbocycles. The van der Waals surface area contributed by atoms with Crippen molar-refractivity contribution in [3.63, 3.8) is 0 Å². The molecule has 2 atom stereocenters. The van der Waals surface area contributed by atoms with E-state index in [1.807, 2.05) is 0 Å². The number of rotatable bonds is 10. The van der Waals surface area contributed by atoms with Gasteiger partial charge in [-0.3, -0.25) is 49.0 Å². The lowest BCUT2D eigenvalue weighted by Gasteiger charge is -2.29. The Kier molecular flexibility index (Phi) is 8.70. The first kappa shape index (κ1) is 31.4. The van der Waals surface area contributed by atoms with E-state index in [0.717, 1.165) is 0 Å². The lowest BCUT2D eigenvalue weighted by Crippen LogP contribution is -2.52. The van der Waals surface area contributed by atoms with Crippen LogP contribution in [0.1, 0.15) is 70.4 Å². The molecule has 15 nitrogen and oxygen atoms in total. The van der Waals surface area contributed by atoms with Crippen LogP contribution >= 0.6 is 0 Å². The van der Waals surface area contributed by atoms with Gasteiger partial charge < -0.3 is 24.6 Å². The van der Waals surface area contributed by atoms with Gasteiger partial charge in [0.15, 0.2) is 6.61 Å². The third-order valence-corrected chi connectivity index (χ3v) is 8.52. The molecule has 2 saturated heterocycles. The van der Waals surface area contributed by atoms with Crippen LogP contribution in [-0.4, -0.2) is 82.4 Å². The molecular formula is C32H31N5O10. The van der Waals surface area contributed by atoms with Crippen molar-refractivity contribution in [3.8, 4) is 11.5 Å². The summed E-state index contributed by atoms with van der Waals surface area (Å²) in [6, 6.07) is 8.15. The lowest BCUT2D eigenvalue weighted by molar-refractivity contribution is -0.138. The number of nitrogens with one attached hydrogen (secondary N) is 3. The van der Waals surface area contributed by atoms with Gasteiger partial charge in [-0.15, -0.1) is 0 Å². The highest BCUT2D eigenvalue weighted by Crippen LogP contribution is 2.35. The topological polar surface area (TPSA) is 198 Å². The zero-order valence-electron chi connectivity index (χ0n) is 25.2. The number of benzene rings is 2. The molecule has 2 fully saturated rings. The highest BCUT2D eigenvalue weighted by atomic mass is 16.5. The Labute approximate surface area is 267 Å². The van der Waals surface area contributed by atoms with E-state index < -0.39 is 41.7 Å². The number of esters is 1. The van der Waals surface area contributed by atoms with Gasteiger partial charge in [-0.1, -0.05) is 18.2 Å². The Morgan fingerprint density at radius 2 is 1.45 bits per heavy atom. The van der Waals surface area contributed by atoms with Crippen molar-refractivity contribution in [2.24, 2.45) is 0 Å². The molecule has 47 heavy (non-hydrogen) atoms. The van der Waals surface area contributed by atoms with E-state index in [4.69, 9.17) is 9.47 Å². The van der Waals surface area contributed by atoms with Crippen molar-refractivity contribution in [1.29, 1.82) is 0 Å². The number of piperidine rings is 2. The van der Waals surface area contributed by atoms with Crippen LogP contribution in [0, 0.1) is 0 Å². The Balaban J connectivity index is 0.957. The minimum absolute atomic E-state index is 0.0552. The number of amides is 7. The first-order valence-electron chi connectivity index (χ1n) is 15.2. The molecule has 0 radical (unpaired) electrons. The number of hydrogen-bond acceptors (Lipinski definition) is 10. The fraction of sp³-hybridized carbons (Fsp3) is 0.375. The van der Waals surface area contributed by atoms with Gasteiger partial charge >= 0.3 is 5.97 Å². The highest BCUT2D eigenvalue weighted by molar-refractivity contribution is 6.07. The van der Waals surface area contributed by atoms with Crippen molar-refractivity contribution < 1.29 is 47.8 Å². The minimum Gasteiger partial charge on any atom is -0.483 e. The molecule has 4 aliphatic heterocycles. The summed E-state index contributed by atoms with van der Waals surface area (Å²) < 4.78 is 11.2. The number of hydrogen-bond donors (Lipinski definition) is 3. The van der Waals surface area contributed by atoms with Gasteiger partial charge in [0.05, 0.1) is 12.1 Å². The molecule has 4 heterocycles. The Morgan fingerprint density at radius 3 is 2.13 bits per heavy atom. The summed E-state index contributed by atoms with van der Waals surface area (Å²) in [7, 11) is 0. The molecule has 15 heteroatoms. The van der Waals surface area contributed by atoms with Crippen LogP contribution < -0.4 is 25.4 Å². The molecule has 3 N–H and O–H groups in total. The monoisotopic (exact) mass is 645 g/mol. The number of imide groups is 2. The number of fused-ring (bicyclic) bond motifs is 2. The SMILES string of the molecule is O=C(COc1cccc2c1CN(C1CCC(=O)NC1=O)C2=O)NCCCC(=O)Oc1cccc2c1C(=O)N(C1CCC(=O)NC1=O)C2. The van der Waals surface area contributed by atoms with Crippen LogP contribution in [0.4, 0.5) is 0 Å². The number of ether oxygens (including phenoxy) is 2. The first-order chi connectivity index (χ1) is 22.6. The standard InChI is InChI=1S/C32H31N5O10/c38-24-11-9-20(29(42)34-24)36-14-17-4-1-7-23(28(17)32(36)45)47-27(41)8-3-13-33-26(40)16-46-22-6-2-5-18-19(22)15-37(31(18)44)21-10-12-25(39)35-30(21)43/h1-2,4-7,20-21H,3,8-16H2,(H,33,40)(H,34,38,42)(H,35,39,43). The maximum Gasteiger partial charge on any atom is 0.311 e. The lowest BCUT2D eigenvalue weighted by atomic mass is 10.0. The molecule has 0 spiro atoms. The van der Waals surface area contributed by atoms with Crippen LogP contribution in [-0.2, 0) is 41.9 Å². The molecule has 0 aliphatic carbocycles. The normalized spacial score (nSPS) is 20.4. The van der Waals surface area contributed by atoms with Crippen LogP contribution in [0.15, 0.2) is 36.4 Å². The third kappa shape index (κ3) is 6.41. The van der Waals surface area contributed by atoms with Gasteiger partial charge in [-0.25, -0.2) is 0 Å². The first-order valence-corrected chi connectivity index (χ1v) is 15.2. The average Bonchev–Trinajstić information content (AvgIpc) is 3.55. The zero-order valence-corrected chi connectivity index (χ0v) is 25.2. The number of nitrogens with zero attached hydrogens (tertiary/aromatic N) is 2. The maximum absolute atomic E-state index is 13.2. The summed E-state index contributed by atoms with van der Waals surface area (Å²) in [5, 5.41) is 7.17. The van der Waals surface area contributed by atoms with E-state index in [9.17, 15) is 38.4 Å². The third-order valence-electron chi connectivity index (χ3n) is 8.52. The highest BCUT2D eigenvalue weighted by Gasteiger charge is 2.42. The zero-order chi connectivity index (χ0) is 33.2. The molecule has 6 rings (SSSR count). The van der Waals surface area contributed by atoms with Crippen LogP contribution in [0.3, 0.4) is 0 Å². The summed E-state index contributed by atoms with van der Waals surface area (Å²) in [5.74, 6) is -3.29. The minimum atomic E-state index is -0.790. The molecule has 2 aromatic rings. The van der Waals surface area contributed by atoms with Gasteiger partial charge in [-0.05, 0) is 43.0 Å². The average molecular weight is 646 g/mol. The van der Waals surface area contributed by atoms with E-state index in [-0.39, 0.29) is 93.8 Å². The Bertz CT molecular complexity index is 1720. The van der Waals surface area contributed by atoms with Crippen molar-refractivity contribution in [2.45, 2.75) is 63.7 Å². The Morgan fingerprint density at radius 1 is 0.809 bits per heavy atom. The molecule has 0 saturated carbocycles. The van der Waals surface area contributed by atoms with Crippen LogP contribution in [0.2, 0.25) is 0 Å². The van der Waals surface area contributed by atoms with Gasteiger partial charge in [-0.2, -0.15) is 0 Å².